The van der Waals surface area contributed by atoms with Crippen molar-refractivity contribution in [2.24, 2.45) is 0 Å². The van der Waals surface area contributed by atoms with Crippen molar-refractivity contribution in [2.45, 2.75) is 51.6 Å². The van der Waals surface area contributed by atoms with E-state index in [1.165, 1.54) is 17.0 Å². The summed E-state index contributed by atoms with van der Waals surface area (Å²) in [6.45, 7) is 7.43. The third kappa shape index (κ3) is 7.17. The average molecular weight is 552 g/mol. The molecule has 0 aliphatic carbocycles. The van der Waals surface area contributed by atoms with Crippen LogP contribution in [0.15, 0.2) is 77.7 Å². The van der Waals surface area contributed by atoms with Crippen LogP contribution in [0.2, 0.25) is 0 Å². The quantitative estimate of drug-likeness (QED) is 0.359. The van der Waals surface area contributed by atoms with E-state index in [0.717, 1.165) is 21.0 Å². The number of hydrogen-bond acceptors (Lipinski definition) is 5. The van der Waals surface area contributed by atoms with E-state index in [0.29, 0.717) is 24.4 Å². The molecule has 1 atom stereocenters. The standard InChI is InChI=1S/C30H37N3O5S/c1-6-27(30(35)31-7-2)32(20-24-12-11-13-25(19-24)38-5)29(34)21-33(28-17-16-22(3)18-23(28)4)39(36,37)26-14-9-8-10-15-26/h8-19,27H,6-7,20-21H2,1-5H3,(H,31,35)/t27-/m1/s1. The lowest BCUT2D eigenvalue weighted by Crippen LogP contribution is -2.52. The topological polar surface area (TPSA) is 96.0 Å². The fraction of sp³-hybridized carbons (Fsp3) is 0.333. The van der Waals surface area contributed by atoms with Gasteiger partial charge in [-0.05, 0) is 68.7 Å². The minimum absolute atomic E-state index is 0.0767. The van der Waals surface area contributed by atoms with Crippen molar-refractivity contribution in [3.8, 4) is 5.75 Å². The van der Waals surface area contributed by atoms with Crippen LogP contribution >= 0.6 is 0 Å². The highest BCUT2D eigenvalue weighted by Crippen LogP contribution is 2.28. The summed E-state index contributed by atoms with van der Waals surface area (Å²) >= 11 is 0. The number of nitrogens with one attached hydrogen (secondary N) is 1. The number of methoxy groups -OCH3 is 1. The maximum absolute atomic E-state index is 14.1. The number of nitrogens with zero attached hydrogens (tertiary/aromatic N) is 2. The van der Waals surface area contributed by atoms with Gasteiger partial charge < -0.3 is 15.0 Å². The Morgan fingerprint density at radius 1 is 0.949 bits per heavy atom. The van der Waals surface area contributed by atoms with E-state index in [1.807, 2.05) is 52.0 Å². The Hall–Kier alpha value is -3.85. The monoisotopic (exact) mass is 551 g/mol. The van der Waals surface area contributed by atoms with Crippen LogP contribution in [0.3, 0.4) is 0 Å². The molecule has 0 saturated carbocycles. The summed E-state index contributed by atoms with van der Waals surface area (Å²) in [6, 6.07) is 19.9. The van der Waals surface area contributed by atoms with E-state index in [2.05, 4.69) is 5.32 Å². The van der Waals surface area contributed by atoms with E-state index >= 15 is 0 Å². The summed E-state index contributed by atoms with van der Waals surface area (Å²) in [7, 11) is -2.54. The highest BCUT2D eigenvalue weighted by molar-refractivity contribution is 7.92. The molecule has 0 heterocycles. The molecule has 1 N–H and O–H groups in total. The van der Waals surface area contributed by atoms with Gasteiger partial charge in [0.15, 0.2) is 0 Å². The Labute approximate surface area is 231 Å². The molecule has 0 aromatic heterocycles. The van der Waals surface area contributed by atoms with Crippen molar-refractivity contribution >= 4 is 27.5 Å². The Morgan fingerprint density at radius 2 is 1.67 bits per heavy atom. The smallest absolute Gasteiger partial charge is 0.264 e. The average Bonchev–Trinajstić information content (AvgIpc) is 2.92. The highest BCUT2D eigenvalue weighted by Gasteiger charge is 2.34. The van der Waals surface area contributed by atoms with Gasteiger partial charge in [0, 0.05) is 13.1 Å². The molecule has 0 aliphatic rings. The van der Waals surface area contributed by atoms with E-state index in [1.54, 1.807) is 43.5 Å². The molecule has 0 bridgehead atoms. The second-order valence-electron chi connectivity index (χ2n) is 9.31. The molecule has 0 spiro atoms. The number of carbonyl (C=O) groups is 2. The van der Waals surface area contributed by atoms with Gasteiger partial charge in [-0.25, -0.2) is 8.42 Å². The van der Waals surface area contributed by atoms with E-state index in [9.17, 15) is 18.0 Å². The number of anilines is 1. The van der Waals surface area contributed by atoms with Gasteiger partial charge in [0.1, 0.15) is 18.3 Å². The zero-order valence-corrected chi connectivity index (χ0v) is 24.0. The van der Waals surface area contributed by atoms with Crippen molar-refractivity contribution in [3.05, 3.63) is 89.5 Å². The van der Waals surface area contributed by atoms with Crippen LogP contribution < -0.4 is 14.4 Å². The minimum Gasteiger partial charge on any atom is -0.497 e. The predicted molar refractivity (Wildman–Crippen MR) is 153 cm³/mol. The molecule has 39 heavy (non-hydrogen) atoms. The summed E-state index contributed by atoms with van der Waals surface area (Å²) in [5.41, 5.74) is 2.86. The number of rotatable bonds is 12. The molecular formula is C30H37N3O5S. The third-order valence-electron chi connectivity index (χ3n) is 6.46. The number of aryl methyl sites for hydroxylation is 2. The Morgan fingerprint density at radius 3 is 2.28 bits per heavy atom. The van der Waals surface area contributed by atoms with Crippen LogP contribution in [0, 0.1) is 13.8 Å². The summed E-state index contributed by atoms with van der Waals surface area (Å²) in [5, 5.41) is 2.81. The lowest BCUT2D eigenvalue weighted by Gasteiger charge is -2.33. The summed E-state index contributed by atoms with van der Waals surface area (Å²) in [5.74, 6) is -0.162. The van der Waals surface area contributed by atoms with Gasteiger partial charge >= 0.3 is 0 Å². The van der Waals surface area contributed by atoms with Gasteiger partial charge in [0.25, 0.3) is 10.0 Å². The number of benzene rings is 3. The van der Waals surface area contributed by atoms with Gasteiger partial charge in [-0.1, -0.05) is 55.0 Å². The van der Waals surface area contributed by atoms with Crippen molar-refractivity contribution < 1.29 is 22.7 Å². The van der Waals surface area contributed by atoms with Crippen LogP contribution in [-0.2, 0) is 26.2 Å². The molecule has 3 aromatic carbocycles. The van der Waals surface area contributed by atoms with E-state index in [4.69, 9.17) is 4.74 Å². The van der Waals surface area contributed by atoms with Crippen molar-refractivity contribution in [1.29, 1.82) is 0 Å². The molecular weight excluding hydrogens is 514 g/mol. The van der Waals surface area contributed by atoms with Crippen LogP contribution in [0.5, 0.6) is 5.75 Å². The third-order valence-corrected chi connectivity index (χ3v) is 8.23. The van der Waals surface area contributed by atoms with Crippen LogP contribution in [0.25, 0.3) is 0 Å². The van der Waals surface area contributed by atoms with Gasteiger partial charge in [-0.3, -0.25) is 13.9 Å². The van der Waals surface area contributed by atoms with Gasteiger partial charge in [-0.2, -0.15) is 0 Å². The largest absolute Gasteiger partial charge is 0.497 e. The molecule has 0 fully saturated rings. The number of carbonyl (C=O) groups excluding carboxylic acids is 2. The first-order valence-electron chi connectivity index (χ1n) is 13.0. The van der Waals surface area contributed by atoms with Crippen molar-refractivity contribution in [3.63, 3.8) is 0 Å². The van der Waals surface area contributed by atoms with E-state index < -0.39 is 28.5 Å². The first-order chi connectivity index (χ1) is 18.6. The van der Waals surface area contributed by atoms with Crippen molar-refractivity contribution in [1.82, 2.24) is 10.2 Å². The fourth-order valence-corrected chi connectivity index (χ4v) is 6.00. The minimum atomic E-state index is -4.10. The zero-order chi connectivity index (χ0) is 28.6. The molecule has 0 aliphatic heterocycles. The molecule has 0 unspecified atom stereocenters. The first kappa shape index (κ1) is 29.7. The summed E-state index contributed by atoms with van der Waals surface area (Å²) in [4.78, 5) is 28.6. The number of hydrogen-bond donors (Lipinski definition) is 1. The molecule has 9 heteroatoms. The number of amides is 2. The maximum atomic E-state index is 14.1. The molecule has 208 valence electrons. The van der Waals surface area contributed by atoms with Gasteiger partial charge in [0.2, 0.25) is 11.8 Å². The lowest BCUT2D eigenvalue weighted by molar-refractivity contribution is -0.140. The first-order valence-corrected chi connectivity index (χ1v) is 14.4. The van der Waals surface area contributed by atoms with E-state index in [-0.39, 0.29) is 17.3 Å². The molecule has 0 saturated heterocycles. The van der Waals surface area contributed by atoms with Crippen LogP contribution in [0.1, 0.15) is 37.0 Å². The number of sulfonamides is 1. The second-order valence-corrected chi connectivity index (χ2v) is 11.2. The van der Waals surface area contributed by atoms with Crippen LogP contribution in [0.4, 0.5) is 5.69 Å². The lowest BCUT2D eigenvalue weighted by atomic mass is 10.1. The Kier molecular flexibility index (Phi) is 10.1. The maximum Gasteiger partial charge on any atom is 0.264 e. The number of ether oxygens (including phenoxy) is 1. The molecule has 2 amide bonds. The Balaban J connectivity index is 2.09. The number of likely N-dealkylation sites (N-methyl/N-ethyl adjacent to an activating group) is 1. The van der Waals surface area contributed by atoms with Gasteiger partial charge in [0.05, 0.1) is 17.7 Å². The Bertz CT molecular complexity index is 1390. The van der Waals surface area contributed by atoms with Gasteiger partial charge in [-0.15, -0.1) is 0 Å². The molecule has 3 aromatic rings. The predicted octanol–water partition coefficient (Wildman–Crippen LogP) is 4.45. The molecule has 3 rings (SSSR count). The molecule has 8 nitrogen and oxygen atoms in total. The highest BCUT2D eigenvalue weighted by atomic mass is 32.2. The normalized spacial score (nSPS) is 11.9. The molecule has 0 radical (unpaired) electrons. The van der Waals surface area contributed by atoms with Crippen LogP contribution in [-0.4, -0.2) is 51.4 Å². The summed E-state index contributed by atoms with van der Waals surface area (Å²) < 4.78 is 34.3. The van der Waals surface area contributed by atoms with Crippen molar-refractivity contribution in [2.75, 3.05) is 24.5 Å². The SMILES string of the molecule is CCNC(=O)[C@@H](CC)N(Cc1cccc(OC)c1)C(=O)CN(c1ccc(C)cc1C)S(=O)(=O)c1ccccc1. The summed E-state index contributed by atoms with van der Waals surface area (Å²) in [6.07, 6.45) is 0.358. The fourth-order valence-electron chi connectivity index (χ4n) is 4.50. The second kappa shape index (κ2) is 13.3. The zero-order valence-electron chi connectivity index (χ0n) is 23.2.